The zero-order valence-electron chi connectivity index (χ0n) is 10.8. The summed E-state index contributed by atoms with van der Waals surface area (Å²) in [5.74, 6) is -0.646. The van der Waals surface area contributed by atoms with Crippen LogP contribution < -0.4 is 5.73 Å². The Morgan fingerprint density at radius 3 is 2.75 bits per heavy atom. The van der Waals surface area contributed by atoms with Crippen molar-refractivity contribution in [3.63, 3.8) is 0 Å². The third kappa shape index (κ3) is 2.94. The SMILES string of the molecule is CN(Cc1cccnc1)S(=O)(=O)c1cc(F)ccc1N. The fourth-order valence-electron chi connectivity index (χ4n) is 1.73. The maximum absolute atomic E-state index is 13.2. The highest BCUT2D eigenvalue weighted by Gasteiger charge is 2.24. The van der Waals surface area contributed by atoms with E-state index in [0.29, 0.717) is 0 Å². The molecule has 7 heteroatoms. The van der Waals surface area contributed by atoms with E-state index in [2.05, 4.69) is 4.98 Å². The Balaban J connectivity index is 2.32. The van der Waals surface area contributed by atoms with Crippen molar-refractivity contribution in [3.05, 3.63) is 54.1 Å². The van der Waals surface area contributed by atoms with Gasteiger partial charge in [-0.05, 0) is 29.8 Å². The summed E-state index contributed by atoms with van der Waals surface area (Å²) < 4.78 is 39.1. The maximum atomic E-state index is 13.2. The van der Waals surface area contributed by atoms with Gasteiger partial charge in [0.15, 0.2) is 0 Å². The van der Waals surface area contributed by atoms with Gasteiger partial charge >= 0.3 is 0 Å². The van der Waals surface area contributed by atoms with Crippen LogP contribution in [0.4, 0.5) is 10.1 Å². The summed E-state index contributed by atoms with van der Waals surface area (Å²) in [5.41, 5.74) is 6.37. The molecule has 5 nitrogen and oxygen atoms in total. The van der Waals surface area contributed by atoms with Crippen molar-refractivity contribution in [2.24, 2.45) is 0 Å². The van der Waals surface area contributed by atoms with Crippen LogP contribution in [0.15, 0.2) is 47.6 Å². The smallest absolute Gasteiger partial charge is 0.245 e. The molecule has 0 bridgehead atoms. The first-order valence-electron chi connectivity index (χ1n) is 5.81. The number of anilines is 1. The molecule has 1 aromatic heterocycles. The third-order valence-electron chi connectivity index (χ3n) is 2.79. The quantitative estimate of drug-likeness (QED) is 0.870. The van der Waals surface area contributed by atoms with E-state index >= 15 is 0 Å². The minimum Gasteiger partial charge on any atom is -0.398 e. The van der Waals surface area contributed by atoms with Crippen molar-refractivity contribution in [3.8, 4) is 0 Å². The highest BCUT2D eigenvalue weighted by Crippen LogP contribution is 2.23. The molecule has 106 valence electrons. The topological polar surface area (TPSA) is 76.3 Å². The van der Waals surface area contributed by atoms with Crippen LogP contribution in [0.2, 0.25) is 0 Å². The van der Waals surface area contributed by atoms with E-state index in [-0.39, 0.29) is 17.1 Å². The first-order valence-corrected chi connectivity index (χ1v) is 7.25. The van der Waals surface area contributed by atoms with Crippen LogP contribution in [0.25, 0.3) is 0 Å². The molecule has 0 aliphatic heterocycles. The van der Waals surface area contributed by atoms with Crippen LogP contribution in [-0.2, 0) is 16.6 Å². The molecule has 0 radical (unpaired) electrons. The average Bonchev–Trinajstić information content (AvgIpc) is 2.42. The lowest BCUT2D eigenvalue weighted by molar-refractivity contribution is 0.466. The first-order chi connectivity index (χ1) is 9.41. The van der Waals surface area contributed by atoms with E-state index < -0.39 is 15.8 Å². The zero-order valence-corrected chi connectivity index (χ0v) is 11.6. The van der Waals surface area contributed by atoms with Gasteiger partial charge in [0.2, 0.25) is 10.0 Å². The molecule has 0 aliphatic rings. The van der Waals surface area contributed by atoms with E-state index in [1.807, 2.05) is 0 Å². The maximum Gasteiger partial charge on any atom is 0.245 e. The minimum atomic E-state index is -3.85. The van der Waals surface area contributed by atoms with Crippen LogP contribution in [0, 0.1) is 5.82 Å². The molecule has 0 unspecified atom stereocenters. The van der Waals surface area contributed by atoms with Crippen molar-refractivity contribution in [2.75, 3.05) is 12.8 Å². The minimum absolute atomic E-state index is 0.0180. The molecule has 0 atom stereocenters. The second-order valence-corrected chi connectivity index (χ2v) is 6.32. The van der Waals surface area contributed by atoms with E-state index in [1.54, 1.807) is 24.5 Å². The van der Waals surface area contributed by atoms with Crippen LogP contribution in [0.5, 0.6) is 0 Å². The van der Waals surface area contributed by atoms with Crippen molar-refractivity contribution in [2.45, 2.75) is 11.4 Å². The van der Waals surface area contributed by atoms with Crippen molar-refractivity contribution >= 4 is 15.7 Å². The standard InChI is InChI=1S/C13H14FN3O2S/c1-17(9-10-3-2-6-16-8-10)20(18,19)13-7-11(14)4-5-12(13)15/h2-8H,9,15H2,1H3. The van der Waals surface area contributed by atoms with Gasteiger partial charge in [-0.3, -0.25) is 4.98 Å². The van der Waals surface area contributed by atoms with Gasteiger partial charge in [0, 0.05) is 26.0 Å². The summed E-state index contributed by atoms with van der Waals surface area (Å²) in [4.78, 5) is 3.69. The fourth-order valence-corrected chi connectivity index (χ4v) is 3.02. The number of nitrogens with two attached hydrogens (primary N) is 1. The Morgan fingerprint density at radius 1 is 1.35 bits per heavy atom. The van der Waals surface area contributed by atoms with E-state index in [0.717, 1.165) is 22.0 Å². The lowest BCUT2D eigenvalue weighted by Crippen LogP contribution is -2.27. The largest absolute Gasteiger partial charge is 0.398 e. The molecule has 0 saturated carbocycles. The molecule has 2 N–H and O–H groups in total. The Hall–Kier alpha value is -1.99. The first kappa shape index (κ1) is 14.4. The second-order valence-electron chi connectivity index (χ2n) is 4.30. The van der Waals surface area contributed by atoms with Crippen LogP contribution >= 0.6 is 0 Å². The Morgan fingerprint density at radius 2 is 2.10 bits per heavy atom. The number of pyridine rings is 1. The monoisotopic (exact) mass is 295 g/mol. The summed E-state index contributed by atoms with van der Waals surface area (Å²) in [6, 6.07) is 6.75. The molecule has 0 aliphatic carbocycles. The van der Waals surface area contributed by atoms with Crippen LogP contribution in [0.1, 0.15) is 5.56 Å². The number of nitrogens with zero attached hydrogens (tertiary/aromatic N) is 2. The Labute approximate surface area is 116 Å². The van der Waals surface area contributed by atoms with Gasteiger partial charge in [-0.25, -0.2) is 12.8 Å². The number of hydrogen-bond acceptors (Lipinski definition) is 4. The van der Waals surface area contributed by atoms with E-state index in [1.165, 1.54) is 13.1 Å². The third-order valence-corrected chi connectivity index (χ3v) is 4.65. The lowest BCUT2D eigenvalue weighted by Gasteiger charge is -2.18. The van der Waals surface area contributed by atoms with Gasteiger partial charge < -0.3 is 5.73 Å². The summed E-state index contributed by atoms with van der Waals surface area (Å²) in [6.45, 7) is 0.131. The van der Waals surface area contributed by atoms with Crippen molar-refractivity contribution < 1.29 is 12.8 Å². The summed E-state index contributed by atoms with van der Waals surface area (Å²) in [5, 5.41) is 0. The molecule has 2 rings (SSSR count). The molecule has 0 fully saturated rings. The number of sulfonamides is 1. The zero-order chi connectivity index (χ0) is 14.8. The Bertz CT molecular complexity index is 705. The molecule has 2 aromatic rings. The molecule has 1 heterocycles. The molecular formula is C13H14FN3O2S. The number of hydrogen-bond donors (Lipinski definition) is 1. The predicted molar refractivity (Wildman–Crippen MR) is 73.7 cm³/mol. The fraction of sp³-hybridized carbons (Fsp3) is 0.154. The van der Waals surface area contributed by atoms with Gasteiger partial charge in [0.05, 0.1) is 5.69 Å². The molecule has 0 spiro atoms. The number of nitrogen functional groups attached to an aromatic ring is 1. The van der Waals surface area contributed by atoms with Crippen LogP contribution in [0.3, 0.4) is 0 Å². The molecular weight excluding hydrogens is 281 g/mol. The average molecular weight is 295 g/mol. The number of rotatable bonds is 4. The molecule has 1 aromatic carbocycles. The highest BCUT2D eigenvalue weighted by atomic mass is 32.2. The van der Waals surface area contributed by atoms with Crippen molar-refractivity contribution in [1.29, 1.82) is 0 Å². The molecule has 0 amide bonds. The van der Waals surface area contributed by atoms with Gasteiger partial charge in [-0.15, -0.1) is 0 Å². The van der Waals surface area contributed by atoms with E-state index in [9.17, 15) is 12.8 Å². The predicted octanol–water partition coefficient (Wildman–Crippen LogP) is 1.62. The number of aromatic nitrogens is 1. The highest BCUT2D eigenvalue weighted by molar-refractivity contribution is 7.89. The van der Waals surface area contributed by atoms with Gasteiger partial charge in [-0.1, -0.05) is 6.07 Å². The van der Waals surface area contributed by atoms with E-state index in [4.69, 9.17) is 5.73 Å². The summed E-state index contributed by atoms with van der Waals surface area (Å²) in [6.07, 6.45) is 3.17. The molecule has 20 heavy (non-hydrogen) atoms. The lowest BCUT2D eigenvalue weighted by atomic mass is 10.3. The normalized spacial score (nSPS) is 11.8. The summed E-state index contributed by atoms with van der Waals surface area (Å²) >= 11 is 0. The van der Waals surface area contributed by atoms with Gasteiger partial charge in [0.1, 0.15) is 10.7 Å². The van der Waals surface area contributed by atoms with Gasteiger partial charge in [0.25, 0.3) is 0 Å². The summed E-state index contributed by atoms with van der Waals surface area (Å²) in [7, 11) is -2.44. The van der Waals surface area contributed by atoms with Crippen LogP contribution in [-0.4, -0.2) is 24.8 Å². The Kier molecular flexibility index (Phi) is 4.01. The number of benzene rings is 1. The number of halogens is 1. The second kappa shape index (κ2) is 5.56. The molecule has 0 saturated heterocycles. The van der Waals surface area contributed by atoms with Gasteiger partial charge in [-0.2, -0.15) is 4.31 Å². The van der Waals surface area contributed by atoms with Crippen molar-refractivity contribution in [1.82, 2.24) is 9.29 Å².